The standard InChI is InChI=1S/C6H8O4S2/c7-3-5-12(8,9)10-6-2-1-4-11-6/h1-2,4,7H,3,5H2. The molecule has 0 aromatic carbocycles. The van der Waals surface area contributed by atoms with Crippen molar-refractivity contribution in [2.75, 3.05) is 12.4 Å². The second-order valence-electron chi connectivity index (χ2n) is 2.00. The molecule has 0 saturated heterocycles. The normalized spacial score (nSPS) is 11.4. The third-order valence-electron chi connectivity index (χ3n) is 1.05. The Balaban J connectivity index is 2.63. The van der Waals surface area contributed by atoms with Gasteiger partial charge < -0.3 is 9.29 Å². The van der Waals surface area contributed by atoms with Crippen molar-refractivity contribution in [1.82, 2.24) is 0 Å². The van der Waals surface area contributed by atoms with Crippen LogP contribution in [-0.4, -0.2) is 25.9 Å². The molecular weight excluding hydrogens is 200 g/mol. The van der Waals surface area contributed by atoms with E-state index >= 15 is 0 Å². The summed E-state index contributed by atoms with van der Waals surface area (Å²) in [6.45, 7) is -0.423. The lowest BCUT2D eigenvalue weighted by atomic mass is 10.7. The van der Waals surface area contributed by atoms with Crippen LogP contribution in [0.2, 0.25) is 0 Å². The topological polar surface area (TPSA) is 63.6 Å². The first-order valence-corrected chi connectivity index (χ1v) is 5.66. The predicted molar refractivity (Wildman–Crippen MR) is 45.8 cm³/mol. The van der Waals surface area contributed by atoms with E-state index in [4.69, 9.17) is 5.11 Å². The third-order valence-corrected chi connectivity index (χ3v) is 3.01. The van der Waals surface area contributed by atoms with Crippen LogP contribution in [0, 0.1) is 0 Å². The maximum absolute atomic E-state index is 10.9. The van der Waals surface area contributed by atoms with Crippen molar-refractivity contribution in [2.45, 2.75) is 0 Å². The van der Waals surface area contributed by atoms with Crippen LogP contribution < -0.4 is 4.18 Å². The van der Waals surface area contributed by atoms with Gasteiger partial charge in [0.2, 0.25) is 0 Å². The molecule has 0 atom stereocenters. The minimum Gasteiger partial charge on any atom is -0.395 e. The molecule has 0 unspecified atom stereocenters. The molecule has 0 bridgehead atoms. The Morgan fingerprint density at radius 1 is 1.58 bits per heavy atom. The Morgan fingerprint density at radius 2 is 2.33 bits per heavy atom. The van der Waals surface area contributed by atoms with E-state index in [-0.39, 0.29) is 5.75 Å². The zero-order valence-corrected chi connectivity index (χ0v) is 7.77. The Morgan fingerprint density at radius 3 is 2.83 bits per heavy atom. The molecule has 0 saturated carbocycles. The summed E-state index contributed by atoms with van der Waals surface area (Å²) in [5.74, 6) is -0.370. The Hall–Kier alpha value is -0.590. The highest BCUT2D eigenvalue weighted by atomic mass is 32.2. The summed E-state index contributed by atoms with van der Waals surface area (Å²) in [5, 5.41) is 10.4. The summed E-state index contributed by atoms with van der Waals surface area (Å²) in [4.78, 5) is 0. The van der Waals surface area contributed by atoms with E-state index in [1.807, 2.05) is 0 Å². The molecule has 1 rings (SSSR count). The first-order valence-electron chi connectivity index (χ1n) is 3.20. The molecule has 4 nitrogen and oxygen atoms in total. The van der Waals surface area contributed by atoms with Crippen LogP contribution in [-0.2, 0) is 10.1 Å². The largest absolute Gasteiger partial charge is 0.395 e. The van der Waals surface area contributed by atoms with Gasteiger partial charge in [0, 0.05) is 0 Å². The summed E-state index contributed by atoms with van der Waals surface area (Å²) in [6.07, 6.45) is 0. The lowest BCUT2D eigenvalue weighted by Gasteiger charge is -2.01. The number of thiophene rings is 1. The van der Waals surface area contributed by atoms with Gasteiger partial charge in [-0.3, -0.25) is 0 Å². The van der Waals surface area contributed by atoms with Crippen LogP contribution in [0.5, 0.6) is 5.06 Å². The molecule has 12 heavy (non-hydrogen) atoms. The number of aliphatic hydroxyl groups is 1. The number of aliphatic hydroxyl groups excluding tert-OH is 1. The minimum atomic E-state index is -3.59. The van der Waals surface area contributed by atoms with E-state index in [0.29, 0.717) is 5.06 Å². The molecular formula is C6H8O4S2. The van der Waals surface area contributed by atoms with Gasteiger partial charge in [0.05, 0.1) is 6.61 Å². The van der Waals surface area contributed by atoms with Crippen molar-refractivity contribution < 1.29 is 17.7 Å². The zero-order chi connectivity index (χ0) is 9.03. The fourth-order valence-electron chi connectivity index (χ4n) is 0.590. The summed E-state index contributed by atoms with van der Waals surface area (Å²) < 4.78 is 26.5. The predicted octanol–water partition coefficient (Wildman–Crippen LogP) is 0.449. The SMILES string of the molecule is O=S(=O)(CCO)Oc1cccs1. The molecule has 1 aromatic heterocycles. The van der Waals surface area contributed by atoms with Crippen LogP contribution in [0.15, 0.2) is 17.5 Å². The molecule has 0 aliphatic rings. The van der Waals surface area contributed by atoms with E-state index in [1.54, 1.807) is 17.5 Å². The van der Waals surface area contributed by atoms with Gasteiger partial charge in [0.15, 0.2) is 5.06 Å². The van der Waals surface area contributed by atoms with Gasteiger partial charge in [-0.25, -0.2) is 0 Å². The molecule has 0 aliphatic carbocycles. The molecule has 0 amide bonds. The first kappa shape index (κ1) is 9.50. The van der Waals surface area contributed by atoms with E-state index < -0.39 is 16.7 Å². The molecule has 0 radical (unpaired) electrons. The van der Waals surface area contributed by atoms with E-state index in [2.05, 4.69) is 4.18 Å². The lowest BCUT2D eigenvalue weighted by molar-refractivity contribution is 0.316. The molecule has 0 aliphatic heterocycles. The fraction of sp³-hybridized carbons (Fsp3) is 0.333. The molecule has 68 valence electrons. The van der Waals surface area contributed by atoms with Gasteiger partial charge in [0.1, 0.15) is 5.75 Å². The van der Waals surface area contributed by atoms with Crippen LogP contribution >= 0.6 is 11.3 Å². The monoisotopic (exact) mass is 208 g/mol. The van der Waals surface area contributed by atoms with Gasteiger partial charge in [-0.05, 0) is 17.5 Å². The van der Waals surface area contributed by atoms with Gasteiger partial charge in [-0.1, -0.05) is 0 Å². The second-order valence-corrected chi connectivity index (χ2v) is 4.60. The third kappa shape index (κ3) is 2.80. The minimum absolute atomic E-state index is 0.323. The fourth-order valence-corrected chi connectivity index (χ4v) is 2.12. The average molecular weight is 208 g/mol. The van der Waals surface area contributed by atoms with Crippen LogP contribution in [0.1, 0.15) is 0 Å². The molecule has 1 N–H and O–H groups in total. The van der Waals surface area contributed by atoms with Crippen LogP contribution in [0.25, 0.3) is 0 Å². The van der Waals surface area contributed by atoms with Crippen molar-refractivity contribution >= 4 is 21.5 Å². The van der Waals surface area contributed by atoms with Gasteiger partial charge in [0.25, 0.3) is 0 Å². The molecule has 1 aromatic rings. The van der Waals surface area contributed by atoms with Crippen molar-refractivity contribution in [1.29, 1.82) is 0 Å². The maximum atomic E-state index is 10.9. The van der Waals surface area contributed by atoms with Crippen molar-refractivity contribution in [3.05, 3.63) is 17.5 Å². The Bertz CT molecular complexity index is 313. The van der Waals surface area contributed by atoms with E-state index in [1.165, 1.54) is 11.3 Å². The maximum Gasteiger partial charge on any atom is 0.312 e. The smallest absolute Gasteiger partial charge is 0.312 e. The summed E-state index contributed by atoms with van der Waals surface area (Å²) in [5.41, 5.74) is 0. The quantitative estimate of drug-likeness (QED) is 0.730. The van der Waals surface area contributed by atoms with Crippen LogP contribution in [0.3, 0.4) is 0 Å². The van der Waals surface area contributed by atoms with E-state index in [0.717, 1.165) is 0 Å². The number of rotatable bonds is 4. The van der Waals surface area contributed by atoms with Crippen molar-refractivity contribution in [3.63, 3.8) is 0 Å². The number of hydrogen-bond donors (Lipinski definition) is 1. The molecule has 0 spiro atoms. The van der Waals surface area contributed by atoms with Crippen molar-refractivity contribution in [3.8, 4) is 5.06 Å². The van der Waals surface area contributed by atoms with Crippen molar-refractivity contribution in [2.24, 2.45) is 0 Å². The summed E-state index contributed by atoms with van der Waals surface area (Å²) in [6, 6.07) is 3.24. The second kappa shape index (κ2) is 3.88. The average Bonchev–Trinajstić information content (AvgIpc) is 2.38. The summed E-state index contributed by atoms with van der Waals surface area (Å²) in [7, 11) is -3.59. The molecule has 6 heteroatoms. The van der Waals surface area contributed by atoms with Gasteiger partial charge in [-0.2, -0.15) is 8.42 Å². The first-order chi connectivity index (χ1) is 5.64. The molecule has 1 heterocycles. The van der Waals surface area contributed by atoms with Gasteiger partial charge >= 0.3 is 10.1 Å². The summed E-state index contributed by atoms with van der Waals surface area (Å²) >= 11 is 1.19. The van der Waals surface area contributed by atoms with E-state index in [9.17, 15) is 8.42 Å². The zero-order valence-electron chi connectivity index (χ0n) is 6.13. The Labute approximate surface area is 74.5 Å². The Kier molecular flexibility index (Phi) is 3.07. The lowest BCUT2D eigenvalue weighted by Crippen LogP contribution is -2.15. The highest BCUT2D eigenvalue weighted by molar-refractivity contribution is 7.87. The molecule has 0 fully saturated rings. The highest BCUT2D eigenvalue weighted by Gasteiger charge is 2.11. The highest BCUT2D eigenvalue weighted by Crippen LogP contribution is 2.19. The van der Waals surface area contributed by atoms with Crippen LogP contribution in [0.4, 0.5) is 0 Å². The van der Waals surface area contributed by atoms with Gasteiger partial charge in [-0.15, -0.1) is 11.3 Å². The number of hydrogen-bond acceptors (Lipinski definition) is 5.